The van der Waals surface area contributed by atoms with E-state index < -0.39 is 17.3 Å². The molecule has 0 aliphatic rings. The van der Waals surface area contributed by atoms with E-state index in [0.717, 1.165) is 0 Å². The Morgan fingerprint density at radius 3 is 1.08 bits per heavy atom. The summed E-state index contributed by atoms with van der Waals surface area (Å²) in [4.78, 5) is 0. The van der Waals surface area contributed by atoms with E-state index in [0.29, 0.717) is 0 Å². The van der Waals surface area contributed by atoms with Crippen LogP contribution < -0.4 is 0 Å². The van der Waals surface area contributed by atoms with Crippen LogP contribution in [0.15, 0.2) is 0 Å². The number of hydrogen-bond donors (Lipinski definition) is 0. The van der Waals surface area contributed by atoms with Gasteiger partial charge in [0.15, 0.2) is 0 Å². The Morgan fingerprint density at radius 1 is 1.00 bits per heavy atom. The van der Waals surface area contributed by atoms with Crippen molar-refractivity contribution in [2.75, 3.05) is 13.1 Å². The molecule has 82 valence electrons. The van der Waals surface area contributed by atoms with Crippen molar-refractivity contribution in [1.82, 2.24) is 0 Å². The molecule has 0 aromatic heterocycles. The first kappa shape index (κ1) is 18.8. The first-order chi connectivity index (χ1) is 5.95. The summed E-state index contributed by atoms with van der Waals surface area (Å²) in [5.74, 6) is 0. The standard InChI is InChI=1S/2C3H8N2.2O.Os/c2*1-3(5)2-4;;;/h2*3-5H,2H2,1H3;;;/q2*-2;;;+2. The quantitative estimate of drug-likeness (QED) is 0.744. The number of nitrogens with one attached hydrogen (secondary N) is 4. The first-order valence-electron chi connectivity index (χ1n) is 3.54. The van der Waals surface area contributed by atoms with Crippen LogP contribution in [0.25, 0.3) is 22.9 Å². The third-order valence-corrected chi connectivity index (χ3v) is 0.612. The minimum absolute atomic E-state index is 0.199. The molecule has 2 atom stereocenters. The predicted octanol–water partition coefficient (Wildman–Crippen LogP) is 2.72. The molecule has 6 nitrogen and oxygen atoms in total. The van der Waals surface area contributed by atoms with Crippen molar-refractivity contribution in [3.05, 3.63) is 22.9 Å². The molecule has 0 bridgehead atoms. The van der Waals surface area contributed by atoms with Crippen LogP contribution in [0.1, 0.15) is 13.8 Å². The summed E-state index contributed by atoms with van der Waals surface area (Å²) >= 11 is -2.08. The Balaban J connectivity index is -0.000000120. The van der Waals surface area contributed by atoms with E-state index in [-0.39, 0.29) is 25.2 Å². The summed E-state index contributed by atoms with van der Waals surface area (Å²) in [6.45, 7) is 3.85. The molecule has 0 saturated carbocycles. The molecule has 7 heteroatoms. The molecule has 0 rings (SSSR count). The second kappa shape index (κ2) is 18.0. The molecule has 0 fully saturated rings. The second-order valence-electron chi connectivity index (χ2n) is 2.27. The third-order valence-electron chi connectivity index (χ3n) is 0.612. The van der Waals surface area contributed by atoms with Crippen molar-refractivity contribution in [3.63, 3.8) is 0 Å². The normalized spacial score (nSPS) is 12.5. The molecule has 0 aromatic carbocycles. The van der Waals surface area contributed by atoms with Gasteiger partial charge in [0, 0.05) is 0 Å². The van der Waals surface area contributed by atoms with Gasteiger partial charge in [0.1, 0.15) is 0 Å². The van der Waals surface area contributed by atoms with Crippen LogP contribution in [0.2, 0.25) is 0 Å². The monoisotopic (exact) mass is 368 g/mol. The Kier molecular flexibility index (Phi) is 26.0. The van der Waals surface area contributed by atoms with Crippen LogP contribution in [0, 0.1) is 0 Å². The van der Waals surface area contributed by atoms with Crippen LogP contribution >= 0.6 is 0 Å². The molecule has 0 amide bonds. The van der Waals surface area contributed by atoms with E-state index in [9.17, 15) is 0 Å². The van der Waals surface area contributed by atoms with Crippen LogP contribution in [0.5, 0.6) is 0 Å². The maximum atomic E-state index is 8.51. The molecular formula is C6H16N4O2Os-2. The summed E-state index contributed by atoms with van der Waals surface area (Å²) in [7, 11) is 0. The van der Waals surface area contributed by atoms with Crippen molar-refractivity contribution in [3.8, 4) is 0 Å². The zero-order valence-corrected chi connectivity index (χ0v) is 10.3. The third kappa shape index (κ3) is 73.8. The summed E-state index contributed by atoms with van der Waals surface area (Å²) in [5.41, 5.74) is 26.2. The molecule has 2 unspecified atom stereocenters. The van der Waals surface area contributed by atoms with Gasteiger partial charge in [-0.05, 0) is 0 Å². The van der Waals surface area contributed by atoms with E-state index in [2.05, 4.69) is 0 Å². The molecule has 4 N–H and O–H groups in total. The summed E-state index contributed by atoms with van der Waals surface area (Å²) < 4.78 is 17.0. The molecule has 0 radical (unpaired) electrons. The van der Waals surface area contributed by atoms with Gasteiger partial charge in [0.25, 0.3) is 0 Å². The molecule has 0 aromatic rings. The summed E-state index contributed by atoms with van der Waals surface area (Å²) in [6.07, 6.45) is 0. The van der Waals surface area contributed by atoms with Gasteiger partial charge < -0.3 is 22.9 Å². The van der Waals surface area contributed by atoms with Crippen LogP contribution in [0.3, 0.4) is 0 Å². The van der Waals surface area contributed by atoms with E-state index in [1.165, 1.54) is 0 Å². The summed E-state index contributed by atoms with van der Waals surface area (Å²) in [6, 6.07) is -0.398. The van der Waals surface area contributed by atoms with Crippen molar-refractivity contribution in [2.24, 2.45) is 0 Å². The van der Waals surface area contributed by atoms with Crippen molar-refractivity contribution in [1.29, 1.82) is 0 Å². The minimum atomic E-state index is -2.08. The Labute approximate surface area is 86.7 Å². The van der Waals surface area contributed by atoms with Crippen molar-refractivity contribution in [2.45, 2.75) is 25.9 Å². The molecule has 0 heterocycles. The fourth-order valence-electron chi connectivity index (χ4n) is 0. The van der Waals surface area contributed by atoms with Gasteiger partial charge in [-0.15, -0.1) is 0 Å². The topological polar surface area (TPSA) is 129 Å². The predicted molar refractivity (Wildman–Crippen MR) is 47.3 cm³/mol. The first-order valence-corrected chi connectivity index (χ1v) is 5.62. The molecule has 13 heavy (non-hydrogen) atoms. The number of hydrogen-bond acceptors (Lipinski definition) is 2. The van der Waals surface area contributed by atoms with E-state index in [1.807, 2.05) is 0 Å². The van der Waals surface area contributed by atoms with Crippen molar-refractivity contribution < 1.29 is 24.4 Å². The van der Waals surface area contributed by atoms with Gasteiger partial charge in [-0.2, -0.15) is 25.2 Å². The average molecular weight is 366 g/mol. The number of rotatable bonds is 2. The molecule has 0 saturated heterocycles. The summed E-state index contributed by atoms with van der Waals surface area (Å²) in [5, 5.41) is 0. The second-order valence-corrected chi connectivity index (χ2v) is 2.69. The van der Waals surface area contributed by atoms with Gasteiger partial charge in [0.05, 0.1) is 0 Å². The van der Waals surface area contributed by atoms with Gasteiger partial charge in [0.2, 0.25) is 0 Å². The van der Waals surface area contributed by atoms with E-state index in [1.54, 1.807) is 13.8 Å². The van der Waals surface area contributed by atoms with Gasteiger partial charge in [-0.1, -0.05) is 13.8 Å². The average Bonchev–Trinajstić information content (AvgIpc) is 2.07. The van der Waals surface area contributed by atoms with Crippen molar-refractivity contribution >= 4 is 0 Å². The zero-order chi connectivity index (χ0) is 11.3. The fraction of sp³-hybridized carbons (Fsp3) is 1.00. The van der Waals surface area contributed by atoms with Crippen LogP contribution in [-0.4, -0.2) is 25.2 Å². The zero-order valence-electron chi connectivity index (χ0n) is 7.74. The van der Waals surface area contributed by atoms with Gasteiger partial charge >= 0.3 is 24.4 Å². The van der Waals surface area contributed by atoms with Gasteiger partial charge in [-0.3, -0.25) is 0 Å². The van der Waals surface area contributed by atoms with E-state index >= 15 is 0 Å². The van der Waals surface area contributed by atoms with Gasteiger partial charge in [-0.25, -0.2) is 0 Å². The Hall–Kier alpha value is 0.0764. The SMILES string of the molecule is CC([NH-])C[NH-].CC([NH-])C[NH-].[O]=[Os+2]=[O]. The molecule has 0 spiro atoms. The van der Waals surface area contributed by atoms with Crippen LogP contribution in [-0.2, 0) is 24.4 Å². The molecular weight excluding hydrogens is 350 g/mol. The molecule has 0 aliphatic carbocycles. The maximum absolute atomic E-state index is 8.51. The fourth-order valence-corrected chi connectivity index (χ4v) is 0. The van der Waals surface area contributed by atoms with Crippen LogP contribution in [0.4, 0.5) is 0 Å². The molecule has 0 aliphatic heterocycles. The Morgan fingerprint density at radius 2 is 1.08 bits per heavy atom. The Bertz CT molecular complexity index is 107. The van der Waals surface area contributed by atoms with E-state index in [4.69, 9.17) is 30.0 Å².